The minimum absolute atomic E-state index is 0.801. The molecule has 0 aliphatic carbocycles. The second kappa shape index (κ2) is 7.96. The number of nitrogen functional groups attached to an aromatic ring is 1. The Labute approximate surface area is 105 Å². The highest BCUT2D eigenvalue weighted by Crippen LogP contribution is 2.16. The first-order valence-corrected chi connectivity index (χ1v) is 6.46. The fourth-order valence-corrected chi connectivity index (χ4v) is 1.83. The number of nitrogens with two attached hydrogens (primary N) is 1. The average Bonchev–Trinajstić information content (AvgIpc) is 2.34. The highest BCUT2D eigenvalue weighted by atomic mass is 16.5. The summed E-state index contributed by atoms with van der Waals surface area (Å²) in [6, 6.07) is 8.10. The molecule has 3 nitrogen and oxygen atoms in total. The molecule has 0 aliphatic rings. The van der Waals surface area contributed by atoms with Crippen LogP contribution in [0.1, 0.15) is 26.7 Å². The Hall–Kier alpha value is -1.22. The summed E-state index contributed by atoms with van der Waals surface area (Å²) in [4.78, 5) is 2.39. The lowest BCUT2D eigenvalue weighted by Gasteiger charge is -2.24. The first-order valence-electron chi connectivity index (χ1n) is 6.46. The molecule has 1 aromatic rings. The lowest BCUT2D eigenvalue weighted by Crippen LogP contribution is -2.26. The van der Waals surface area contributed by atoms with Gasteiger partial charge in [0.25, 0.3) is 0 Å². The molecule has 0 saturated heterocycles. The van der Waals surface area contributed by atoms with E-state index in [1.54, 1.807) is 0 Å². The summed E-state index contributed by atoms with van der Waals surface area (Å²) in [5, 5.41) is 0. The Morgan fingerprint density at radius 2 is 1.82 bits per heavy atom. The van der Waals surface area contributed by atoms with E-state index in [0.29, 0.717) is 0 Å². The van der Waals surface area contributed by atoms with Crippen molar-refractivity contribution in [3.8, 4) is 0 Å². The minimum Gasteiger partial charge on any atom is -0.399 e. The lowest BCUT2D eigenvalue weighted by molar-refractivity contribution is 0.146. The van der Waals surface area contributed by atoms with Gasteiger partial charge in [-0.25, -0.2) is 0 Å². The molecule has 0 amide bonds. The van der Waals surface area contributed by atoms with Crippen molar-refractivity contribution >= 4 is 11.4 Å². The van der Waals surface area contributed by atoms with Crippen molar-refractivity contribution in [1.29, 1.82) is 0 Å². The molecule has 1 rings (SSSR count). The van der Waals surface area contributed by atoms with Gasteiger partial charge in [-0.15, -0.1) is 0 Å². The van der Waals surface area contributed by atoms with Gasteiger partial charge in [-0.3, -0.25) is 0 Å². The Morgan fingerprint density at radius 1 is 1.12 bits per heavy atom. The molecular formula is C14H24N2O. The third-order valence-corrected chi connectivity index (χ3v) is 2.67. The first kappa shape index (κ1) is 13.8. The van der Waals surface area contributed by atoms with Crippen LogP contribution in [0.5, 0.6) is 0 Å². The van der Waals surface area contributed by atoms with Gasteiger partial charge >= 0.3 is 0 Å². The van der Waals surface area contributed by atoms with Crippen molar-refractivity contribution in [3.05, 3.63) is 24.3 Å². The summed E-state index contributed by atoms with van der Waals surface area (Å²) < 4.78 is 5.37. The smallest absolute Gasteiger partial charge is 0.0482 e. The second-order valence-electron chi connectivity index (χ2n) is 4.13. The van der Waals surface area contributed by atoms with Crippen LogP contribution in [0.2, 0.25) is 0 Å². The molecule has 96 valence electrons. The van der Waals surface area contributed by atoms with Crippen molar-refractivity contribution in [2.45, 2.75) is 26.7 Å². The quantitative estimate of drug-likeness (QED) is 0.557. The highest BCUT2D eigenvalue weighted by Gasteiger charge is 2.04. The van der Waals surface area contributed by atoms with Crippen LogP contribution in [0.25, 0.3) is 0 Å². The number of ether oxygens (including phenoxy) is 1. The predicted octanol–water partition coefficient (Wildman–Crippen LogP) is 2.91. The van der Waals surface area contributed by atoms with Gasteiger partial charge < -0.3 is 15.4 Å². The van der Waals surface area contributed by atoms with E-state index >= 15 is 0 Å². The van der Waals surface area contributed by atoms with E-state index in [1.807, 2.05) is 19.1 Å². The number of hydrogen-bond acceptors (Lipinski definition) is 3. The van der Waals surface area contributed by atoms with Crippen molar-refractivity contribution < 1.29 is 4.74 Å². The molecule has 0 unspecified atom stereocenters. The molecule has 0 aromatic heterocycles. The van der Waals surface area contributed by atoms with Gasteiger partial charge in [0, 0.05) is 37.7 Å². The third kappa shape index (κ3) is 5.09. The largest absolute Gasteiger partial charge is 0.399 e. The van der Waals surface area contributed by atoms with E-state index in [-0.39, 0.29) is 0 Å². The Bertz CT molecular complexity index is 298. The molecule has 0 atom stereocenters. The van der Waals surface area contributed by atoms with Gasteiger partial charge in [0.15, 0.2) is 0 Å². The summed E-state index contributed by atoms with van der Waals surface area (Å²) in [5.41, 5.74) is 7.77. The van der Waals surface area contributed by atoms with E-state index in [9.17, 15) is 0 Å². The van der Waals surface area contributed by atoms with E-state index < -0.39 is 0 Å². The van der Waals surface area contributed by atoms with E-state index in [1.165, 1.54) is 5.69 Å². The number of nitrogens with zero attached hydrogens (tertiary/aromatic N) is 1. The second-order valence-corrected chi connectivity index (χ2v) is 4.13. The molecule has 17 heavy (non-hydrogen) atoms. The number of anilines is 2. The lowest BCUT2D eigenvalue weighted by atomic mass is 10.2. The van der Waals surface area contributed by atoms with Gasteiger partial charge in [-0.05, 0) is 44.0 Å². The van der Waals surface area contributed by atoms with Crippen LogP contribution in [-0.4, -0.2) is 26.3 Å². The van der Waals surface area contributed by atoms with Crippen LogP contribution in [-0.2, 0) is 4.74 Å². The SMILES string of the molecule is CCCN(CCCOCC)c1ccc(N)cc1. The van der Waals surface area contributed by atoms with Gasteiger partial charge in [0.05, 0.1) is 0 Å². The molecule has 3 heteroatoms. The van der Waals surface area contributed by atoms with Crippen LogP contribution < -0.4 is 10.6 Å². The Morgan fingerprint density at radius 3 is 2.41 bits per heavy atom. The molecule has 2 N–H and O–H groups in total. The molecule has 0 saturated carbocycles. The van der Waals surface area contributed by atoms with Gasteiger partial charge in [-0.2, -0.15) is 0 Å². The van der Waals surface area contributed by atoms with Crippen LogP contribution in [0.3, 0.4) is 0 Å². The van der Waals surface area contributed by atoms with Crippen molar-refractivity contribution in [3.63, 3.8) is 0 Å². The molecule has 0 aliphatic heterocycles. The van der Waals surface area contributed by atoms with Crippen LogP contribution in [0.4, 0.5) is 11.4 Å². The van der Waals surface area contributed by atoms with Crippen LogP contribution in [0.15, 0.2) is 24.3 Å². The number of benzene rings is 1. The summed E-state index contributed by atoms with van der Waals surface area (Å²) in [7, 11) is 0. The van der Waals surface area contributed by atoms with Gasteiger partial charge in [0.2, 0.25) is 0 Å². The van der Waals surface area contributed by atoms with Crippen molar-refractivity contribution in [2.24, 2.45) is 0 Å². The average molecular weight is 236 g/mol. The van der Waals surface area contributed by atoms with E-state index in [4.69, 9.17) is 10.5 Å². The monoisotopic (exact) mass is 236 g/mol. The fraction of sp³-hybridized carbons (Fsp3) is 0.571. The molecule has 0 bridgehead atoms. The zero-order valence-corrected chi connectivity index (χ0v) is 11.0. The number of rotatable bonds is 8. The summed E-state index contributed by atoms with van der Waals surface area (Å²) in [6.07, 6.45) is 2.22. The summed E-state index contributed by atoms with van der Waals surface area (Å²) in [6.45, 7) is 7.99. The maximum atomic E-state index is 5.70. The first-order chi connectivity index (χ1) is 8.27. The van der Waals surface area contributed by atoms with Crippen molar-refractivity contribution in [2.75, 3.05) is 36.9 Å². The summed E-state index contributed by atoms with van der Waals surface area (Å²) >= 11 is 0. The molecule has 0 fully saturated rings. The molecule has 1 aromatic carbocycles. The van der Waals surface area contributed by atoms with Crippen LogP contribution in [0, 0.1) is 0 Å². The number of hydrogen-bond donors (Lipinski definition) is 1. The van der Waals surface area contributed by atoms with Crippen LogP contribution >= 0.6 is 0 Å². The highest BCUT2D eigenvalue weighted by molar-refractivity contribution is 5.53. The molecule has 0 heterocycles. The standard InChI is InChI=1S/C14H24N2O/c1-3-10-16(11-5-12-17-4-2)14-8-6-13(15)7-9-14/h6-9H,3-5,10-12,15H2,1-2H3. The predicted molar refractivity (Wildman–Crippen MR) is 74.5 cm³/mol. The zero-order chi connectivity index (χ0) is 12.5. The van der Waals surface area contributed by atoms with E-state index in [0.717, 1.165) is 44.8 Å². The maximum absolute atomic E-state index is 5.70. The molecular weight excluding hydrogens is 212 g/mol. The topological polar surface area (TPSA) is 38.5 Å². The molecule has 0 spiro atoms. The Balaban J connectivity index is 2.49. The van der Waals surface area contributed by atoms with Gasteiger partial charge in [-0.1, -0.05) is 6.92 Å². The van der Waals surface area contributed by atoms with Gasteiger partial charge in [0.1, 0.15) is 0 Å². The third-order valence-electron chi connectivity index (χ3n) is 2.67. The zero-order valence-electron chi connectivity index (χ0n) is 11.0. The molecule has 0 radical (unpaired) electrons. The van der Waals surface area contributed by atoms with E-state index in [2.05, 4.69) is 24.0 Å². The maximum Gasteiger partial charge on any atom is 0.0482 e. The Kier molecular flexibility index (Phi) is 6.48. The normalized spacial score (nSPS) is 10.5. The summed E-state index contributed by atoms with van der Waals surface area (Å²) in [5.74, 6) is 0. The minimum atomic E-state index is 0.801. The van der Waals surface area contributed by atoms with Crippen molar-refractivity contribution in [1.82, 2.24) is 0 Å². The fourth-order valence-electron chi connectivity index (χ4n) is 1.83.